The van der Waals surface area contributed by atoms with Crippen molar-refractivity contribution in [1.82, 2.24) is 40.3 Å². The summed E-state index contributed by atoms with van der Waals surface area (Å²) in [4.78, 5) is 63.6. The molecule has 17 heteroatoms. The molecule has 3 aliphatic carbocycles. The molecule has 5 saturated heterocycles. The number of hydrogen-bond acceptors (Lipinski definition) is 12. The molecule has 3 N–H and O–H groups in total. The predicted molar refractivity (Wildman–Crippen MR) is 270 cm³/mol. The summed E-state index contributed by atoms with van der Waals surface area (Å²) >= 11 is 6.66. The molecular weight excluding hydrogens is 923 g/mol. The Morgan fingerprint density at radius 3 is 2.32 bits per heavy atom. The lowest BCUT2D eigenvalue weighted by Crippen LogP contribution is -2.51. The van der Waals surface area contributed by atoms with Crippen molar-refractivity contribution in [3.8, 4) is 23.0 Å². The molecule has 7 heterocycles. The maximum absolute atomic E-state index is 17.0. The van der Waals surface area contributed by atoms with Gasteiger partial charge in [-0.25, -0.2) is 9.18 Å². The number of ether oxygens (including phenoxy) is 1. The molecule has 71 heavy (non-hydrogen) atoms. The van der Waals surface area contributed by atoms with Crippen LogP contribution >= 0.6 is 11.6 Å². The monoisotopic (exact) mass is 988 g/mol. The number of urea groups is 1. The zero-order valence-corrected chi connectivity index (χ0v) is 41.6. The fourth-order valence-electron chi connectivity index (χ4n) is 12.9. The van der Waals surface area contributed by atoms with Gasteiger partial charge in [0.1, 0.15) is 22.8 Å². The minimum absolute atomic E-state index is 0.0113. The first-order valence-corrected chi connectivity index (χ1v) is 26.7. The summed E-state index contributed by atoms with van der Waals surface area (Å²) in [5.74, 6) is 0.726. The number of pyridine rings is 1. The summed E-state index contributed by atoms with van der Waals surface area (Å²) in [5, 5.41) is 17.6. The first-order valence-electron chi connectivity index (χ1n) is 26.4. The summed E-state index contributed by atoms with van der Waals surface area (Å²) in [7, 11) is 0. The summed E-state index contributed by atoms with van der Waals surface area (Å²) < 4.78 is 23.5. The fourth-order valence-corrected chi connectivity index (χ4v) is 13.3. The van der Waals surface area contributed by atoms with Gasteiger partial charge in [0.05, 0.1) is 12.0 Å². The van der Waals surface area contributed by atoms with E-state index in [1.165, 1.54) is 31.7 Å². The normalized spacial score (nSPS) is 24.7. The number of benzene rings is 2. The lowest BCUT2D eigenvalue weighted by Gasteiger charge is -2.47. The lowest BCUT2D eigenvalue weighted by molar-refractivity contribution is -0.120. The van der Waals surface area contributed by atoms with Gasteiger partial charge in [0, 0.05) is 124 Å². The van der Waals surface area contributed by atoms with Crippen molar-refractivity contribution in [3.05, 3.63) is 64.1 Å². The second-order valence-corrected chi connectivity index (χ2v) is 23.0. The Kier molecular flexibility index (Phi) is 12.4. The number of anilines is 2. The second-order valence-electron chi connectivity index (χ2n) is 22.6. The predicted octanol–water partition coefficient (Wildman–Crippen LogP) is 7.65. The SMILES string of the molecule is Cc1ccc(C(=O)N2CCC3(CCC(CN4CCN(CC5(COc6nc(N7CC8CCC(C7)N8)c7cnc(-c8cc(O)cc(Cl)c8C8CC8)c(F)c7n6)CC5)CC4)CC3)CC2)cc1N1CCC(=O)NC1=O. The molecule has 2 bridgehead atoms. The van der Waals surface area contributed by atoms with Crippen molar-refractivity contribution in [1.29, 1.82) is 0 Å². The molecular formula is C54H66ClFN10O5. The Balaban J connectivity index is 0.641. The molecule has 0 radical (unpaired) electrons. The highest BCUT2D eigenvalue weighted by Crippen LogP contribution is 2.51. The van der Waals surface area contributed by atoms with Gasteiger partial charge in [-0.3, -0.25) is 24.8 Å². The number of aromatic hydroxyl groups is 1. The lowest BCUT2D eigenvalue weighted by atomic mass is 9.65. The number of aromatic nitrogens is 3. The van der Waals surface area contributed by atoms with E-state index >= 15 is 4.39 Å². The van der Waals surface area contributed by atoms with E-state index in [9.17, 15) is 19.5 Å². The number of phenols is 1. The van der Waals surface area contributed by atoms with Gasteiger partial charge in [-0.15, -0.1) is 0 Å². The van der Waals surface area contributed by atoms with Crippen LogP contribution in [0.3, 0.4) is 0 Å². The van der Waals surface area contributed by atoms with Gasteiger partial charge in [0.15, 0.2) is 5.82 Å². The number of fused-ring (bicyclic) bond motifs is 3. The quantitative estimate of drug-likeness (QED) is 0.128. The molecule has 376 valence electrons. The highest BCUT2D eigenvalue weighted by atomic mass is 35.5. The molecule has 8 fully saturated rings. The molecule has 2 aromatic carbocycles. The highest BCUT2D eigenvalue weighted by Gasteiger charge is 2.46. The summed E-state index contributed by atoms with van der Waals surface area (Å²) in [6.07, 6.45) is 15.2. The van der Waals surface area contributed by atoms with Crippen LogP contribution < -0.4 is 25.2 Å². The standard InChI is InChI=1S/C54H66ClFN10O5/c1-33-2-3-36(24-43(33)66-17-10-44(68)59-52(66)70)50(69)64-18-15-53(16-19-64)11-8-34(9-12-53)28-62-20-22-63(23-21-62)31-54(13-14-54)32-71-51-60-48-41(49(61-51)65-29-37-6-7-38(30-65)58-37)27-57-47(46(48)56)40-25-39(67)26-42(55)45(40)35-4-5-35/h2-3,24-27,34-35,37-38,58,67H,4-23,28-32H2,1H3,(H,59,68,70). The van der Waals surface area contributed by atoms with E-state index in [4.69, 9.17) is 26.3 Å². The van der Waals surface area contributed by atoms with Gasteiger partial charge in [-0.05, 0) is 137 Å². The topological polar surface area (TPSA) is 160 Å². The first kappa shape index (κ1) is 46.9. The number of amides is 4. The van der Waals surface area contributed by atoms with Crippen LogP contribution in [0.5, 0.6) is 11.8 Å². The zero-order chi connectivity index (χ0) is 48.6. The van der Waals surface area contributed by atoms with E-state index in [0.29, 0.717) is 69.6 Å². The summed E-state index contributed by atoms with van der Waals surface area (Å²) in [6, 6.07) is 9.12. The van der Waals surface area contributed by atoms with Crippen LogP contribution in [0.15, 0.2) is 36.5 Å². The smallest absolute Gasteiger partial charge is 0.328 e. The number of nitrogens with one attached hydrogen (secondary N) is 2. The Bertz CT molecular complexity index is 2730. The first-order chi connectivity index (χ1) is 34.4. The Morgan fingerprint density at radius 1 is 0.887 bits per heavy atom. The van der Waals surface area contributed by atoms with E-state index in [-0.39, 0.29) is 52.5 Å². The minimum atomic E-state index is -0.554. The highest BCUT2D eigenvalue weighted by molar-refractivity contribution is 6.32. The van der Waals surface area contributed by atoms with Gasteiger partial charge in [-0.1, -0.05) is 17.7 Å². The number of carbonyl (C=O) groups is 3. The van der Waals surface area contributed by atoms with Crippen molar-refractivity contribution in [2.24, 2.45) is 16.7 Å². The molecule has 3 saturated carbocycles. The van der Waals surface area contributed by atoms with E-state index in [1.807, 2.05) is 30.0 Å². The van der Waals surface area contributed by atoms with Crippen molar-refractivity contribution in [3.63, 3.8) is 0 Å². The number of aryl methyl sites for hydroxylation is 1. The van der Waals surface area contributed by atoms with Crippen LogP contribution in [0.2, 0.25) is 5.02 Å². The molecule has 4 amide bonds. The van der Waals surface area contributed by atoms with E-state index in [1.54, 1.807) is 17.2 Å². The average Bonchev–Trinajstić information content (AvgIpc) is 4.31. The number of nitrogens with zero attached hydrogens (tertiary/aromatic N) is 8. The van der Waals surface area contributed by atoms with Gasteiger partial charge >= 0.3 is 12.0 Å². The van der Waals surface area contributed by atoms with Crippen LogP contribution in [0.1, 0.15) is 111 Å². The van der Waals surface area contributed by atoms with Crippen molar-refractivity contribution in [2.75, 3.05) is 88.4 Å². The third kappa shape index (κ3) is 9.54. The molecule has 2 aromatic heterocycles. The molecule has 2 atom stereocenters. The van der Waals surface area contributed by atoms with Crippen LogP contribution in [0.25, 0.3) is 22.2 Å². The molecule has 15 nitrogen and oxygen atoms in total. The van der Waals surface area contributed by atoms with E-state index in [0.717, 1.165) is 128 Å². The number of rotatable bonds is 12. The number of hydrogen-bond donors (Lipinski definition) is 3. The molecule has 12 rings (SSSR count). The van der Waals surface area contributed by atoms with E-state index < -0.39 is 11.8 Å². The number of carbonyl (C=O) groups excluding carboxylic acids is 3. The third-order valence-electron chi connectivity index (χ3n) is 17.6. The zero-order valence-electron chi connectivity index (χ0n) is 40.9. The maximum Gasteiger partial charge on any atom is 0.328 e. The molecule has 5 aliphatic heterocycles. The summed E-state index contributed by atoms with van der Waals surface area (Å²) in [5.41, 5.74) is 4.13. The third-order valence-corrected chi connectivity index (χ3v) is 17.9. The van der Waals surface area contributed by atoms with Crippen LogP contribution in [0.4, 0.5) is 20.7 Å². The van der Waals surface area contributed by atoms with Crippen molar-refractivity contribution < 1.29 is 28.6 Å². The van der Waals surface area contributed by atoms with Gasteiger partial charge < -0.3 is 34.8 Å². The molecule has 4 aromatic rings. The average molecular weight is 990 g/mol. The number of phenolic OH excluding ortho intramolecular Hbond substituents is 1. The Hall–Kier alpha value is -5.16. The number of imide groups is 1. The van der Waals surface area contributed by atoms with Crippen LogP contribution in [-0.4, -0.2) is 143 Å². The summed E-state index contributed by atoms with van der Waals surface area (Å²) in [6.45, 7) is 12.0. The van der Waals surface area contributed by atoms with Gasteiger partial charge in [0.25, 0.3) is 5.91 Å². The van der Waals surface area contributed by atoms with Crippen molar-refractivity contribution >= 4 is 51.9 Å². The maximum atomic E-state index is 17.0. The number of piperazine rings is 2. The molecule has 2 unspecified atom stereocenters. The van der Waals surface area contributed by atoms with Crippen molar-refractivity contribution in [2.45, 2.75) is 108 Å². The van der Waals surface area contributed by atoms with Crippen LogP contribution in [-0.2, 0) is 4.79 Å². The largest absolute Gasteiger partial charge is 0.508 e. The fraction of sp³-hybridized carbons (Fsp3) is 0.593. The Labute approximate surface area is 419 Å². The number of piperidine rings is 1. The minimum Gasteiger partial charge on any atom is -0.508 e. The van der Waals surface area contributed by atoms with Gasteiger partial charge in [0.2, 0.25) is 5.91 Å². The number of likely N-dealkylation sites (tertiary alicyclic amines) is 1. The molecule has 8 aliphatic rings. The number of halogens is 2. The molecule has 1 spiro atoms. The van der Waals surface area contributed by atoms with E-state index in [2.05, 4.69) is 30.3 Å². The second kappa shape index (κ2) is 18.7. The van der Waals surface area contributed by atoms with Gasteiger partial charge in [-0.2, -0.15) is 9.97 Å². The Morgan fingerprint density at radius 2 is 1.62 bits per heavy atom. The van der Waals surface area contributed by atoms with Crippen LogP contribution in [0, 0.1) is 29.5 Å².